The number of hydrogen-bond donors (Lipinski definition) is 0. The third kappa shape index (κ3) is 4.59. The number of hydrogen-bond acceptors (Lipinski definition) is 2. The number of alkyl halides is 1. The number of rotatable bonds is 4. The Labute approximate surface area is 114 Å². The molecule has 1 unspecified atom stereocenters. The van der Waals surface area contributed by atoms with Gasteiger partial charge in [0, 0.05) is 19.6 Å². The average Bonchev–Trinajstić information content (AvgIpc) is 2.27. The number of halogens is 1. The first kappa shape index (κ1) is 15.0. The Morgan fingerprint density at radius 2 is 1.88 bits per heavy atom. The van der Waals surface area contributed by atoms with Crippen LogP contribution in [0.2, 0.25) is 0 Å². The van der Waals surface area contributed by atoms with Gasteiger partial charge in [-0.25, -0.2) is 0 Å². The van der Waals surface area contributed by atoms with Gasteiger partial charge in [0.15, 0.2) is 0 Å². The van der Waals surface area contributed by atoms with Gasteiger partial charge in [-0.05, 0) is 38.8 Å². The van der Waals surface area contributed by atoms with Crippen LogP contribution >= 0.6 is 15.9 Å². The summed E-state index contributed by atoms with van der Waals surface area (Å²) in [6, 6.07) is 0. The molecular weight excluding hydrogens is 280 g/mol. The van der Waals surface area contributed by atoms with Gasteiger partial charge in [0.1, 0.15) is 0 Å². The van der Waals surface area contributed by atoms with Crippen molar-refractivity contribution in [1.29, 1.82) is 0 Å². The third-order valence-electron chi connectivity index (χ3n) is 3.37. The summed E-state index contributed by atoms with van der Waals surface area (Å²) in [6.45, 7) is 7.15. The van der Waals surface area contributed by atoms with Gasteiger partial charge in [-0.2, -0.15) is 0 Å². The second-order valence-electron chi connectivity index (χ2n) is 5.68. The van der Waals surface area contributed by atoms with Gasteiger partial charge in [-0.1, -0.05) is 29.8 Å². The molecule has 0 aliphatic carbocycles. The van der Waals surface area contributed by atoms with Gasteiger partial charge in [0.2, 0.25) is 5.91 Å². The molecule has 0 radical (unpaired) electrons. The molecule has 1 aliphatic rings. The summed E-state index contributed by atoms with van der Waals surface area (Å²) < 4.78 is 0. The molecule has 1 amide bonds. The van der Waals surface area contributed by atoms with Gasteiger partial charge in [0.25, 0.3) is 0 Å². The van der Waals surface area contributed by atoms with E-state index in [0.29, 0.717) is 5.92 Å². The summed E-state index contributed by atoms with van der Waals surface area (Å²) in [5, 5.41) is 0. The molecule has 1 fully saturated rings. The summed E-state index contributed by atoms with van der Waals surface area (Å²) in [5.74, 6) is 1.38. The zero-order valence-corrected chi connectivity index (χ0v) is 13.0. The Morgan fingerprint density at radius 1 is 1.35 bits per heavy atom. The van der Waals surface area contributed by atoms with E-state index in [0.717, 1.165) is 38.4 Å². The van der Waals surface area contributed by atoms with Crippen LogP contribution in [0.4, 0.5) is 0 Å². The molecule has 0 aromatic rings. The highest BCUT2D eigenvalue weighted by molar-refractivity contribution is 9.10. The summed E-state index contributed by atoms with van der Waals surface area (Å²) >= 11 is 3.50. The van der Waals surface area contributed by atoms with E-state index in [4.69, 9.17) is 0 Å². The van der Waals surface area contributed by atoms with E-state index in [-0.39, 0.29) is 10.7 Å². The maximum atomic E-state index is 12.1. The lowest BCUT2D eigenvalue weighted by atomic mass is 9.96. The summed E-state index contributed by atoms with van der Waals surface area (Å²) in [7, 11) is 4.23. The Kier molecular flexibility index (Phi) is 5.93. The molecule has 1 rings (SSSR count). The quantitative estimate of drug-likeness (QED) is 0.744. The highest BCUT2D eigenvalue weighted by Gasteiger charge is 2.28. The van der Waals surface area contributed by atoms with Crippen molar-refractivity contribution in [3.63, 3.8) is 0 Å². The molecule has 17 heavy (non-hydrogen) atoms. The minimum absolute atomic E-state index is 0.0205. The van der Waals surface area contributed by atoms with Crippen LogP contribution in [0.3, 0.4) is 0 Å². The second-order valence-corrected chi connectivity index (χ2v) is 6.66. The monoisotopic (exact) mass is 304 g/mol. The lowest BCUT2D eigenvalue weighted by Crippen LogP contribution is -2.44. The Hall–Kier alpha value is -0.0900. The first-order chi connectivity index (χ1) is 7.91. The Bertz CT molecular complexity index is 248. The molecule has 0 aromatic carbocycles. The van der Waals surface area contributed by atoms with Crippen molar-refractivity contribution < 1.29 is 4.79 Å². The van der Waals surface area contributed by atoms with Crippen LogP contribution in [0, 0.1) is 11.8 Å². The van der Waals surface area contributed by atoms with Gasteiger partial charge >= 0.3 is 0 Å². The molecule has 0 bridgehead atoms. The SMILES string of the molecule is CC(C)C(Br)C(=O)N1CCC(CN(C)C)CC1. The predicted molar refractivity (Wildman–Crippen MR) is 75.4 cm³/mol. The number of likely N-dealkylation sites (tertiary alicyclic amines) is 1. The van der Waals surface area contributed by atoms with Gasteiger partial charge < -0.3 is 9.80 Å². The van der Waals surface area contributed by atoms with E-state index in [1.54, 1.807) is 0 Å². The molecule has 0 spiro atoms. The Balaban J connectivity index is 2.39. The minimum atomic E-state index is -0.0205. The zero-order valence-electron chi connectivity index (χ0n) is 11.4. The average molecular weight is 305 g/mol. The predicted octanol–water partition coefficient (Wildman–Crippen LogP) is 2.21. The smallest absolute Gasteiger partial charge is 0.236 e. The Morgan fingerprint density at radius 3 is 2.29 bits per heavy atom. The van der Waals surface area contributed by atoms with Crippen molar-refractivity contribution in [2.45, 2.75) is 31.5 Å². The number of nitrogens with zero attached hydrogens (tertiary/aromatic N) is 2. The second kappa shape index (κ2) is 6.74. The first-order valence-corrected chi connectivity index (χ1v) is 7.41. The fraction of sp³-hybridized carbons (Fsp3) is 0.923. The van der Waals surface area contributed by atoms with Crippen molar-refractivity contribution in [3.8, 4) is 0 Å². The third-order valence-corrected chi connectivity index (χ3v) is 4.82. The molecule has 0 N–H and O–H groups in total. The van der Waals surface area contributed by atoms with Crippen molar-refractivity contribution >= 4 is 21.8 Å². The lowest BCUT2D eigenvalue weighted by molar-refractivity contribution is -0.132. The molecule has 4 heteroatoms. The van der Waals surface area contributed by atoms with Crippen LogP contribution in [0.25, 0.3) is 0 Å². The van der Waals surface area contributed by atoms with Crippen molar-refractivity contribution in [3.05, 3.63) is 0 Å². The molecule has 1 saturated heterocycles. The van der Waals surface area contributed by atoms with E-state index in [1.807, 2.05) is 4.90 Å². The number of piperidine rings is 1. The highest BCUT2D eigenvalue weighted by Crippen LogP contribution is 2.22. The van der Waals surface area contributed by atoms with Crippen LogP contribution < -0.4 is 0 Å². The molecule has 1 heterocycles. The maximum Gasteiger partial charge on any atom is 0.236 e. The fourth-order valence-electron chi connectivity index (χ4n) is 2.31. The number of carbonyl (C=O) groups excluding carboxylic acids is 1. The van der Waals surface area contributed by atoms with Gasteiger partial charge in [-0.3, -0.25) is 4.79 Å². The molecule has 0 aromatic heterocycles. The normalized spacial score (nSPS) is 20.1. The number of carbonyl (C=O) groups is 1. The fourth-order valence-corrected chi connectivity index (χ4v) is 2.60. The van der Waals surface area contributed by atoms with Crippen LogP contribution in [0.1, 0.15) is 26.7 Å². The van der Waals surface area contributed by atoms with E-state index in [1.165, 1.54) is 0 Å². The van der Waals surface area contributed by atoms with Crippen LogP contribution in [0.15, 0.2) is 0 Å². The van der Waals surface area contributed by atoms with Gasteiger partial charge in [-0.15, -0.1) is 0 Å². The van der Waals surface area contributed by atoms with E-state index in [2.05, 4.69) is 48.8 Å². The molecule has 3 nitrogen and oxygen atoms in total. The van der Waals surface area contributed by atoms with Gasteiger partial charge in [0.05, 0.1) is 4.83 Å². The van der Waals surface area contributed by atoms with E-state index >= 15 is 0 Å². The van der Waals surface area contributed by atoms with E-state index in [9.17, 15) is 4.79 Å². The van der Waals surface area contributed by atoms with Crippen LogP contribution in [0.5, 0.6) is 0 Å². The summed E-state index contributed by atoms with van der Waals surface area (Å²) in [4.78, 5) is 16.4. The topological polar surface area (TPSA) is 23.6 Å². The zero-order chi connectivity index (χ0) is 13.0. The van der Waals surface area contributed by atoms with E-state index < -0.39 is 0 Å². The number of amides is 1. The lowest BCUT2D eigenvalue weighted by Gasteiger charge is -2.34. The highest BCUT2D eigenvalue weighted by atomic mass is 79.9. The minimum Gasteiger partial charge on any atom is -0.342 e. The molecule has 1 atom stereocenters. The van der Waals surface area contributed by atoms with Crippen LogP contribution in [-0.4, -0.2) is 54.3 Å². The van der Waals surface area contributed by atoms with Crippen LogP contribution in [-0.2, 0) is 4.79 Å². The molecular formula is C13H25BrN2O. The standard InChI is InChI=1S/C13H25BrN2O/c1-10(2)12(14)13(17)16-7-5-11(6-8-16)9-15(3)4/h10-12H,5-9H2,1-4H3. The molecule has 100 valence electrons. The van der Waals surface area contributed by atoms with Crippen molar-refractivity contribution in [1.82, 2.24) is 9.80 Å². The molecule has 0 saturated carbocycles. The maximum absolute atomic E-state index is 12.1. The summed E-state index contributed by atoms with van der Waals surface area (Å²) in [6.07, 6.45) is 2.28. The first-order valence-electron chi connectivity index (χ1n) is 6.49. The van der Waals surface area contributed by atoms with Crippen molar-refractivity contribution in [2.24, 2.45) is 11.8 Å². The van der Waals surface area contributed by atoms with Crippen molar-refractivity contribution in [2.75, 3.05) is 33.7 Å². The molecule has 1 aliphatic heterocycles. The largest absolute Gasteiger partial charge is 0.342 e. The summed E-state index contributed by atoms with van der Waals surface area (Å²) in [5.41, 5.74) is 0.